The Morgan fingerprint density at radius 2 is 1.97 bits per heavy atom. The first kappa shape index (κ1) is 21.0. The summed E-state index contributed by atoms with van der Waals surface area (Å²) >= 11 is 0. The smallest absolute Gasteiger partial charge is 0.251 e. The van der Waals surface area contributed by atoms with Crippen LogP contribution in [-0.4, -0.2) is 62.3 Å². The third kappa shape index (κ3) is 4.16. The zero-order valence-electron chi connectivity index (χ0n) is 17.6. The van der Waals surface area contributed by atoms with Crippen LogP contribution in [0.2, 0.25) is 0 Å². The van der Waals surface area contributed by atoms with Gasteiger partial charge in [0.2, 0.25) is 5.91 Å². The van der Waals surface area contributed by atoms with Crippen LogP contribution in [0, 0.1) is 0 Å². The largest absolute Gasteiger partial charge is 0.507 e. The van der Waals surface area contributed by atoms with Gasteiger partial charge in [0.15, 0.2) is 0 Å². The van der Waals surface area contributed by atoms with Crippen molar-refractivity contribution in [3.8, 4) is 17.2 Å². The Labute approximate surface area is 180 Å². The highest BCUT2D eigenvalue weighted by molar-refractivity contribution is 5.98. The number of hydrogen-bond acceptors (Lipinski definition) is 6. The number of aromatic hydroxyl groups is 1. The highest BCUT2D eigenvalue weighted by atomic mass is 16.5. The first-order chi connectivity index (χ1) is 15.0. The van der Waals surface area contributed by atoms with Crippen molar-refractivity contribution in [2.75, 3.05) is 40.5 Å². The van der Waals surface area contributed by atoms with Gasteiger partial charge in [0, 0.05) is 55.2 Å². The van der Waals surface area contributed by atoms with Crippen LogP contribution < -0.4 is 14.8 Å². The maximum absolute atomic E-state index is 13.1. The van der Waals surface area contributed by atoms with Crippen molar-refractivity contribution in [3.05, 3.63) is 52.6 Å². The van der Waals surface area contributed by atoms with Crippen molar-refractivity contribution in [1.29, 1.82) is 0 Å². The molecule has 2 aromatic rings. The average Bonchev–Trinajstić information content (AvgIpc) is 3.17. The summed E-state index contributed by atoms with van der Waals surface area (Å²) in [5, 5.41) is 13.7. The molecule has 164 valence electrons. The molecule has 8 heteroatoms. The van der Waals surface area contributed by atoms with Crippen LogP contribution in [-0.2, 0) is 16.1 Å². The van der Waals surface area contributed by atoms with E-state index >= 15 is 0 Å². The van der Waals surface area contributed by atoms with Crippen molar-refractivity contribution in [3.63, 3.8) is 0 Å². The fraction of sp³-hybridized carbons (Fsp3) is 0.391. The number of carbonyl (C=O) groups excluding carboxylic acids is 2. The van der Waals surface area contributed by atoms with Gasteiger partial charge in [-0.2, -0.15) is 0 Å². The number of amides is 2. The lowest BCUT2D eigenvalue weighted by Crippen LogP contribution is -2.41. The maximum atomic E-state index is 13.1. The fourth-order valence-corrected chi connectivity index (χ4v) is 4.20. The summed E-state index contributed by atoms with van der Waals surface area (Å²) in [5.74, 6) is 0.293. The number of rotatable bonds is 6. The Kier molecular flexibility index (Phi) is 5.99. The molecule has 2 amide bonds. The minimum Gasteiger partial charge on any atom is -0.507 e. The summed E-state index contributed by atoms with van der Waals surface area (Å²) in [6.45, 7) is 2.55. The molecule has 1 atom stereocenters. The van der Waals surface area contributed by atoms with E-state index in [4.69, 9.17) is 14.2 Å². The summed E-state index contributed by atoms with van der Waals surface area (Å²) in [6.07, 6.45) is 0.149. The number of fused-ring (bicyclic) bond motifs is 1. The molecule has 2 aliphatic rings. The molecule has 0 aliphatic carbocycles. The second-order valence-electron chi connectivity index (χ2n) is 7.61. The molecule has 1 unspecified atom stereocenters. The lowest BCUT2D eigenvalue weighted by atomic mass is 9.85. The zero-order chi connectivity index (χ0) is 22.0. The quantitative estimate of drug-likeness (QED) is 0.734. The molecule has 0 aromatic heterocycles. The number of phenolic OH excluding ortho intramolecular Hbond substituents is 1. The Morgan fingerprint density at radius 1 is 1.19 bits per heavy atom. The van der Waals surface area contributed by atoms with Gasteiger partial charge in [0.1, 0.15) is 17.2 Å². The van der Waals surface area contributed by atoms with Gasteiger partial charge in [-0.15, -0.1) is 0 Å². The van der Waals surface area contributed by atoms with Gasteiger partial charge < -0.3 is 29.5 Å². The van der Waals surface area contributed by atoms with Crippen LogP contribution in [0.1, 0.15) is 39.4 Å². The van der Waals surface area contributed by atoms with E-state index in [9.17, 15) is 14.7 Å². The Bertz CT molecular complexity index is 1000. The molecule has 8 nitrogen and oxygen atoms in total. The van der Waals surface area contributed by atoms with E-state index in [1.807, 2.05) is 12.1 Å². The third-order valence-corrected chi connectivity index (χ3v) is 5.86. The van der Waals surface area contributed by atoms with Crippen molar-refractivity contribution < 1.29 is 28.9 Å². The SMILES string of the molecule is COc1cc(O)c(C(CC(=O)N2CCOCC2)c2ccc3c(c2)CNC3=O)c(OC)c1. The third-order valence-electron chi connectivity index (χ3n) is 5.86. The summed E-state index contributed by atoms with van der Waals surface area (Å²) in [5.41, 5.74) is 2.85. The van der Waals surface area contributed by atoms with Gasteiger partial charge >= 0.3 is 0 Å². The van der Waals surface area contributed by atoms with Crippen molar-refractivity contribution in [2.45, 2.75) is 18.9 Å². The summed E-state index contributed by atoms with van der Waals surface area (Å²) in [4.78, 5) is 26.9. The molecule has 2 heterocycles. The van der Waals surface area contributed by atoms with Gasteiger partial charge in [-0.1, -0.05) is 12.1 Å². The van der Waals surface area contributed by atoms with Gasteiger partial charge in [0.05, 0.1) is 27.4 Å². The molecule has 31 heavy (non-hydrogen) atoms. The predicted molar refractivity (Wildman–Crippen MR) is 113 cm³/mol. The molecular weight excluding hydrogens is 400 g/mol. The second-order valence-corrected chi connectivity index (χ2v) is 7.61. The molecule has 0 bridgehead atoms. The number of phenols is 1. The zero-order valence-corrected chi connectivity index (χ0v) is 17.6. The van der Waals surface area contributed by atoms with Crippen molar-refractivity contribution in [2.24, 2.45) is 0 Å². The summed E-state index contributed by atoms with van der Waals surface area (Å²) in [6, 6.07) is 8.74. The van der Waals surface area contributed by atoms with E-state index in [0.717, 1.165) is 11.1 Å². The number of ether oxygens (including phenoxy) is 3. The minimum absolute atomic E-state index is 0.00863. The normalized spacial score (nSPS) is 16.5. The molecule has 2 N–H and O–H groups in total. The molecule has 1 saturated heterocycles. The van der Waals surface area contributed by atoms with Crippen LogP contribution >= 0.6 is 0 Å². The van der Waals surface area contributed by atoms with E-state index in [0.29, 0.717) is 55.5 Å². The average molecular weight is 426 g/mol. The number of carbonyl (C=O) groups is 2. The molecule has 4 rings (SSSR count). The Morgan fingerprint density at radius 3 is 2.68 bits per heavy atom. The molecule has 1 fully saturated rings. The summed E-state index contributed by atoms with van der Waals surface area (Å²) < 4.78 is 16.2. The molecule has 2 aliphatic heterocycles. The first-order valence-corrected chi connectivity index (χ1v) is 10.2. The van der Waals surface area contributed by atoms with E-state index < -0.39 is 5.92 Å². The number of nitrogens with one attached hydrogen (secondary N) is 1. The number of nitrogens with zero attached hydrogens (tertiary/aromatic N) is 1. The molecule has 0 radical (unpaired) electrons. The fourth-order valence-electron chi connectivity index (χ4n) is 4.20. The van der Waals surface area contributed by atoms with Crippen LogP contribution in [0.15, 0.2) is 30.3 Å². The van der Waals surface area contributed by atoms with E-state index in [1.54, 1.807) is 17.0 Å². The van der Waals surface area contributed by atoms with Crippen LogP contribution in [0.5, 0.6) is 17.2 Å². The van der Waals surface area contributed by atoms with Crippen molar-refractivity contribution in [1.82, 2.24) is 10.2 Å². The minimum atomic E-state index is -0.461. The monoisotopic (exact) mass is 426 g/mol. The molecular formula is C23H26N2O6. The molecule has 2 aromatic carbocycles. The van der Waals surface area contributed by atoms with Gasteiger partial charge in [-0.3, -0.25) is 9.59 Å². The van der Waals surface area contributed by atoms with Crippen LogP contribution in [0.3, 0.4) is 0 Å². The van der Waals surface area contributed by atoms with Gasteiger partial charge in [-0.05, 0) is 17.2 Å². The highest BCUT2D eigenvalue weighted by Gasteiger charge is 2.30. The Hall–Kier alpha value is -3.26. The van der Waals surface area contributed by atoms with Crippen LogP contribution in [0.4, 0.5) is 0 Å². The number of benzene rings is 2. The summed E-state index contributed by atoms with van der Waals surface area (Å²) in [7, 11) is 3.03. The van der Waals surface area contributed by atoms with E-state index in [1.165, 1.54) is 20.3 Å². The van der Waals surface area contributed by atoms with E-state index in [-0.39, 0.29) is 24.0 Å². The number of hydrogen-bond donors (Lipinski definition) is 2. The lowest BCUT2D eigenvalue weighted by molar-refractivity contribution is -0.135. The molecule has 0 spiro atoms. The Balaban J connectivity index is 1.76. The van der Waals surface area contributed by atoms with Crippen LogP contribution in [0.25, 0.3) is 0 Å². The topological polar surface area (TPSA) is 97.3 Å². The highest BCUT2D eigenvalue weighted by Crippen LogP contribution is 2.43. The van der Waals surface area contributed by atoms with Gasteiger partial charge in [0.25, 0.3) is 5.91 Å². The number of methoxy groups -OCH3 is 2. The number of morpholine rings is 1. The predicted octanol–water partition coefficient (Wildman–Crippen LogP) is 2.03. The standard InChI is InChI=1S/C23H26N2O6/c1-29-16-10-19(26)22(20(11-16)30-2)18(12-21(27)25-5-7-31-8-6-25)14-3-4-17-15(9-14)13-24-23(17)28/h3-4,9-11,18,26H,5-8,12-13H2,1-2H3,(H,24,28). The van der Waals surface area contributed by atoms with Gasteiger partial charge in [-0.25, -0.2) is 0 Å². The first-order valence-electron chi connectivity index (χ1n) is 10.2. The van der Waals surface area contributed by atoms with E-state index in [2.05, 4.69) is 5.32 Å². The van der Waals surface area contributed by atoms with Crippen molar-refractivity contribution >= 4 is 11.8 Å². The maximum Gasteiger partial charge on any atom is 0.251 e. The molecule has 0 saturated carbocycles. The second kappa shape index (κ2) is 8.85. The lowest BCUT2D eigenvalue weighted by Gasteiger charge is -2.29.